The van der Waals surface area contributed by atoms with E-state index in [-0.39, 0.29) is 11.6 Å². The molecular formula is C26H21N5O2. The molecule has 33 heavy (non-hydrogen) atoms. The fourth-order valence-electron chi connectivity index (χ4n) is 4.23. The second-order valence-electron chi connectivity index (χ2n) is 8.11. The molecule has 0 atom stereocenters. The SMILES string of the molecule is O=C(Nc1ccc2c(c1)C(N1CCCC1)=Nc1ccccc1O2)c1cnc2ccccc2n1. The number of hydrogen-bond acceptors (Lipinski definition) is 6. The maximum atomic E-state index is 12.9. The van der Waals surface area contributed by atoms with Crippen LogP contribution in [0.4, 0.5) is 11.4 Å². The van der Waals surface area contributed by atoms with Gasteiger partial charge < -0.3 is 15.0 Å². The lowest BCUT2D eigenvalue weighted by atomic mass is 10.1. The molecule has 0 spiro atoms. The summed E-state index contributed by atoms with van der Waals surface area (Å²) in [6.07, 6.45) is 3.76. The maximum Gasteiger partial charge on any atom is 0.275 e. The van der Waals surface area contributed by atoms with Crippen molar-refractivity contribution in [1.82, 2.24) is 14.9 Å². The summed E-state index contributed by atoms with van der Waals surface area (Å²) in [6.45, 7) is 1.90. The van der Waals surface area contributed by atoms with Gasteiger partial charge in [0.2, 0.25) is 0 Å². The molecule has 2 aliphatic rings. The standard InChI is InChI=1S/C26H21N5O2/c32-26(22-16-27-19-7-1-2-8-20(19)29-22)28-17-11-12-23-18(15-17)25(31-13-5-6-14-31)30-21-9-3-4-10-24(21)33-23/h1-4,7-12,15-16H,5-6,13-14H2,(H,28,32). The quantitative estimate of drug-likeness (QED) is 0.470. The number of amidine groups is 1. The third kappa shape index (κ3) is 3.67. The highest BCUT2D eigenvalue weighted by Crippen LogP contribution is 2.39. The summed E-state index contributed by atoms with van der Waals surface area (Å²) in [5.41, 5.74) is 4.00. The fraction of sp³-hybridized carbons (Fsp3) is 0.154. The van der Waals surface area contributed by atoms with E-state index in [1.165, 1.54) is 6.20 Å². The Bertz CT molecular complexity index is 1410. The molecule has 7 nitrogen and oxygen atoms in total. The van der Waals surface area contributed by atoms with Gasteiger partial charge in [-0.2, -0.15) is 0 Å². The van der Waals surface area contributed by atoms with Gasteiger partial charge in [-0.25, -0.2) is 9.98 Å². The van der Waals surface area contributed by atoms with E-state index in [2.05, 4.69) is 20.2 Å². The van der Waals surface area contributed by atoms with Crippen molar-refractivity contribution >= 4 is 34.2 Å². The minimum atomic E-state index is -0.314. The molecule has 3 aromatic carbocycles. The van der Waals surface area contributed by atoms with Gasteiger partial charge in [-0.15, -0.1) is 0 Å². The van der Waals surface area contributed by atoms with Crippen LogP contribution in [0.3, 0.4) is 0 Å². The number of aromatic nitrogens is 2. The fourth-order valence-corrected chi connectivity index (χ4v) is 4.23. The van der Waals surface area contributed by atoms with Crippen LogP contribution < -0.4 is 10.1 Å². The molecular weight excluding hydrogens is 414 g/mol. The Labute approximate surface area is 190 Å². The summed E-state index contributed by atoms with van der Waals surface area (Å²) >= 11 is 0. The lowest BCUT2D eigenvalue weighted by molar-refractivity contribution is 0.102. The smallest absolute Gasteiger partial charge is 0.275 e. The van der Waals surface area contributed by atoms with Crippen molar-refractivity contribution < 1.29 is 9.53 Å². The van der Waals surface area contributed by atoms with Crippen LogP contribution in [-0.2, 0) is 0 Å². The van der Waals surface area contributed by atoms with Gasteiger partial charge in [-0.1, -0.05) is 24.3 Å². The van der Waals surface area contributed by atoms with Gasteiger partial charge in [-0.3, -0.25) is 9.78 Å². The molecule has 1 aromatic heterocycles. The van der Waals surface area contributed by atoms with Gasteiger partial charge in [0, 0.05) is 18.8 Å². The predicted molar refractivity (Wildman–Crippen MR) is 127 cm³/mol. The molecule has 1 fully saturated rings. The molecule has 1 N–H and O–H groups in total. The number of carbonyl (C=O) groups is 1. The first-order valence-electron chi connectivity index (χ1n) is 11.0. The minimum Gasteiger partial charge on any atom is -0.454 e. The van der Waals surface area contributed by atoms with Gasteiger partial charge in [0.15, 0.2) is 5.75 Å². The van der Waals surface area contributed by atoms with Crippen LogP contribution in [0.25, 0.3) is 11.0 Å². The van der Waals surface area contributed by atoms with Gasteiger partial charge in [-0.05, 0) is 55.3 Å². The summed E-state index contributed by atoms with van der Waals surface area (Å²) < 4.78 is 6.21. The normalized spacial score (nSPS) is 14.7. The van der Waals surface area contributed by atoms with E-state index >= 15 is 0 Å². The number of benzene rings is 3. The molecule has 6 rings (SSSR count). The Morgan fingerprint density at radius 3 is 2.58 bits per heavy atom. The molecule has 7 heteroatoms. The molecule has 4 aromatic rings. The number of para-hydroxylation sites is 4. The van der Waals surface area contributed by atoms with Crippen molar-refractivity contribution in [2.45, 2.75) is 12.8 Å². The number of ether oxygens (including phenoxy) is 1. The van der Waals surface area contributed by atoms with E-state index in [1.807, 2.05) is 66.7 Å². The highest BCUT2D eigenvalue weighted by molar-refractivity contribution is 6.07. The number of likely N-dealkylation sites (tertiary alicyclic amines) is 1. The van der Waals surface area contributed by atoms with Crippen molar-refractivity contribution in [3.05, 3.63) is 84.2 Å². The van der Waals surface area contributed by atoms with E-state index in [9.17, 15) is 4.79 Å². The van der Waals surface area contributed by atoms with Crippen LogP contribution in [-0.4, -0.2) is 39.7 Å². The van der Waals surface area contributed by atoms with E-state index in [0.29, 0.717) is 17.0 Å². The number of rotatable bonds is 2. The van der Waals surface area contributed by atoms with Crippen LogP contribution in [0.2, 0.25) is 0 Å². The third-order valence-electron chi connectivity index (χ3n) is 5.88. The molecule has 2 aliphatic heterocycles. The molecule has 0 saturated carbocycles. The highest BCUT2D eigenvalue weighted by Gasteiger charge is 2.25. The first-order valence-corrected chi connectivity index (χ1v) is 11.0. The van der Waals surface area contributed by atoms with Crippen molar-refractivity contribution in [2.24, 2.45) is 4.99 Å². The van der Waals surface area contributed by atoms with Crippen molar-refractivity contribution in [3.63, 3.8) is 0 Å². The van der Waals surface area contributed by atoms with E-state index < -0.39 is 0 Å². The van der Waals surface area contributed by atoms with Crippen LogP contribution in [0.1, 0.15) is 28.9 Å². The monoisotopic (exact) mass is 435 g/mol. The number of nitrogens with one attached hydrogen (secondary N) is 1. The summed E-state index contributed by atoms with van der Waals surface area (Å²) in [4.78, 5) is 29.0. The lowest BCUT2D eigenvalue weighted by Crippen LogP contribution is -2.28. The van der Waals surface area contributed by atoms with Gasteiger partial charge >= 0.3 is 0 Å². The summed E-state index contributed by atoms with van der Waals surface area (Å²) in [5.74, 6) is 1.99. The number of fused-ring (bicyclic) bond motifs is 3. The van der Waals surface area contributed by atoms with Gasteiger partial charge in [0.1, 0.15) is 23.0 Å². The summed E-state index contributed by atoms with van der Waals surface area (Å²) in [7, 11) is 0. The predicted octanol–water partition coefficient (Wildman–Crippen LogP) is 5.16. The Morgan fingerprint density at radius 2 is 1.70 bits per heavy atom. The number of nitrogens with zero attached hydrogens (tertiary/aromatic N) is 4. The molecule has 0 bridgehead atoms. The van der Waals surface area contributed by atoms with Crippen LogP contribution in [0.15, 0.2) is 77.9 Å². The Morgan fingerprint density at radius 1 is 0.909 bits per heavy atom. The van der Waals surface area contributed by atoms with E-state index in [1.54, 1.807) is 0 Å². The molecule has 0 radical (unpaired) electrons. The van der Waals surface area contributed by atoms with Crippen molar-refractivity contribution in [1.29, 1.82) is 0 Å². The van der Waals surface area contributed by atoms with Crippen molar-refractivity contribution in [2.75, 3.05) is 18.4 Å². The molecule has 0 unspecified atom stereocenters. The largest absolute Gasteiger partial charge is 0.454 e. The van der Waals surface area contributed by atoms with Crippen LogP contribution in [0, 0.1) is 0 Å². The van der Waals surface area contributed by atoms with Crippen LogP contribution >= 0.6 is 0 Å². The molecule has 162 valence electrons. The average Bonchev–Trinajstić information content (AvgIpc) is 3.33. The number of anilines is 1. The number of hydrogen-bond donors (Lipinski definition) is 1. The van der Waals surface area contributed by atoms with Crippen molar-refractivity contribution in [3.8, 4) is 11.5 Å². The zero-order valence-corrected chi connectivity index (χ0v) is 17.9. The Hall–Kier alpha value is -4.26. The number of carbonyl (C=O) groups excluding carboxylic acids is 1. The third-order valence-corrected chi connectivity index (χ3v) is 5.88. The van der Waals surface area contributed by atoms with Gasteiger partial charge in [0.05, 0.1) is 22.8 Å². The first kappa shape index (κ1) is 19.4. The molecule has 0 aliphatic carbocycles. The average molecular weight is 435 g/mol. The highest BCUT2D eigenvalue weighted by atomic mass is 16.5. The Kier molecular flexibility index (Phi) is 4.72. The topological polar surface area (TPSA) is 79.7 Å². The second-order valence-corrected chi connectivity index (χ2v) is 8.11. The zero-order valence-electron chi connectivity index (χ0n) is 17.9. The first-order chi connectivity index (χ1) is 16.2. The van der Waals surface area contributed by atoms with Crippen LogP contribution in [0.5, 0.6) is 11.5 Å². The molecule has 1 amide bonds. The number of amides is 1. The van der Waals surface area contributed by atoms with E-state index in [0.717, 1.165) is 54.3 Å². The second kappa shape index (κ2) is 8.02. The van der Waals surface area contributed by atoms with Gasteiger partial charge in [0.25, 0.3) is 5.91 Å². The molecule has 1 saturated heterocycles. The number of aliphatic imine (C=N–C) groups is 1. The minimum absolute atomic E-state index is 0.265. The zero-order chi connectivity index (χ0) is 22.2. The van der Waals surface area contributed by atoms with E-state index in [4.69, 9.17) is 9.73 Å². The summed E-state index contributed by atoms with van der Waals surface area (Å²) in [5, 5.41) is 2.96. The Balaban J connectivity index is 1.36. The maximum absolute atomic E-state index is 12.9. The molecule has 3 heterocycles. The lowest BCUT2D eigenvalue weighted by Gasteiger charge is -2.21. The summed E-state index contributed by atoms with van der Waals surface area (Å²) in [6, 6.07) is 20.9.